The summed E-state index contributed by atoms with van der Waals surface area (Å²) in [6.07, 6.45) is 0. The minimum absolute atomic E-state index is 0.0274. The van der Waals surface area contributed by atoms with E-state index in [0.717, 1.165) is 17.4 Å². The Balaban J connectivity index is 2.02. The van der Waals surface area contributed by atoms with Gasteiger partial charge in [0, 0.05) is 11.6 Å². The van der Waals surface area contributed by atoms with Crippen LogP contribution in [0.4, 0.5) is 4.39 Å². The topological polar surface area (TPSA) is 38.3 Å². The van der Waals surface area contributed by atoms with Crippen molar-refractivity contribution in [3.63, 3.8) is 0 Å². The van der Waals surface area contributed by atoms with Gasteiger partial charge in [0.15, 0.2) is 0 Å². The molecule has 0 heterocycles. The van der Waals surface area contributed by atoms with Gasteiger partial charge in [-0.25, -0.2) is 4.39 Å². The SMILES string of the molecule is CCOc1cccc(CNC(=O)c2ccc(Cl)cc2F)c1. The van der Waals surface area contributed by atoms with Crippen LogP contribution in [0, 0.1) is 5.82 Å². The fourth-order valence-corrected chi connectivity index (χ4v) is 2.02. The molecule has 0 bridgehead atoms. The molecule has 0 atom stereocenters. The summed E-state index contributed by atoms with van der Waals surface area (Å²) in [6, 6.07) is 11.3. The number of halogens is 2. The second-order valence-electron chi connectivity index (χ2n) is 4.39. The van der Waals surface area contributed by atoms with Gasteiger partial charge in [0.1, 0.15) is 11.6 Å². The molecule has 1 N–H and O–H groups in total. The van der Waals surface area contributed by atoms with E-state index in [4.69, 9.17) is 16.3 Å². The van der Waals surface area contributed by atoms with E-state index in [2.05, 4.69) is 5.32 Å². The first-order valence-corrected chi connectivity index (χ1v) is 6.93. The molecule has 0 fully saturated rings. The maximum absolute atomic E-state index is 13.6. The van der Waals surface area contributed by atoms with Crippen LogP contribution in [0.5, 0.6) is 5.75 Å². The van der Waals surface area contributed by atoms with Crippen LogP contribution in [0.1, 0.15) is 22.8 Å². The van der Waals surface area contributed by atoms with Gasteiger partial charge in [-0.1, -0.05) is 23.7 Å². The molecule has 2 aromatic rings. The Morgan fingerprint density at radius 3 is 2.81 bits per heavy atom. The van der Waals surface area contributed by atoms with Gasteiger partial charge in [0.05, 0.1) is 12.2 Å². The Morgan fingerprint density at radius 2 is 2.10 bits per heavy atom. The molecule has 0 aliphatic heterocycles. The summed E-state index contributed by atoms with van der Waals surface area (Å²) in [5.74, 6) is -0.379. The van der Waals surface area contributed by atoms with Gasteiger partial charge >= 0.3 is 0 Å². The molecule has 110 valence electrons. The highest BCUT2D eigenvalue weighted by Crippen LogP contribution is 2.16. The van der Waals surface area contributed by atoms with Crippen molar-refractivity contribution in [3.05, 3.63) is 64.4 Å². The minimum atomic E-state index is -0.636. The van der Waals surface area contributed by atoms with Crippen molar-refractivity contribution in [3.8, 4) is 5.75 Å². The van der Waals surface area contributed by atoms with E-state index in [1.165, 1.54) is 12.1 Å². The average Bonchev–Trinajstić information content (AvgIpc) is 2.45. The third kappa shape index (κ3) is 4.20. The molecule has 2 rings (SSSR count). The van der Waals surface area contributed by atoms with Crippen molar-refractivity contribution in [2.45, 2.75) is 13.5 Å². The summed E-state index contributed by atoms with van der Waals surface area (Å²) in [5.41, 5.74) is 0.851. The zero-order valence-corrected chi connectivity index (χ0v) is 12.3. The summed E-state index contributed by atoms with van der Waals surface area (Å²) in [5, 5.41) is 2.93. The van der Waals surface area contributed by atoms with E-state index in [1.54, 1.807) is 0 Å². The monoisotopic (exact) mass is 307 g/mol. The number of nitrogens with one attached hydrogen (secondary N) is 1. The number of hydrogen-bond acceptors (Lipinski definition) is 2. The second kappa shape index (κ2) is 7.09. The van der Waals surface area contributed by atoms with Crippen LogP contribution in [0.15, 0.2) is 42.5 Å². The quantitative estimate of drug-likeness (QED) is 0.912. The number of carbonyl (C=O) groups excluding carboxylic acids is 1. The molecule has 0 unspecified atom stereocenters. The number of hydrogen-bond donors (Lipinski definition) is 1. The molecule has 0 aliphatic rings. The van der Waals surface area contributed by atoms with Crippen LogP contribution in [-0.2, 0) is 6.54 Å². The molecule has 3 nitrogen and oxygen atoms in total. The fraction of sp³-hybridized carbons (Fsp3) is 0.188. The van der Waals surface area contributed by atoms with Crippen molar-refractivity contribution in [2.24, 2.45) is 0 Å². The lowest BCUT2D eigenvalue weighted by Gasteiger charge is -2.08. The lowest BCUT2D eigenvalue weighted by Crippen LogP contribution is -2.23. The van der Waals surface area contributed by atoms with E-state index in [0.29, 0.717) is 13.2 Å². The number of benzene rings is 2. The van der Waals surface area contributed by atoms with Crippen LogP contribution < -0.4 is 10.1 Å². The van der Waals surface area contributed by atoms with E-state index in [-0.39, 0.29) is 10.6 Å². The Labute approximate surface area is 127 Å². The Kier molecular flexibility index (Phi) is 5.17. The van der Waals surface area contributed by atoms with Gasteiger partial charge in [-0.3, -0.25) is 4.79 Å². The molecule has 0 aliphatic carbocycles. The lowest BCUT2D eigenvalue weighted by molar-refractivity contribution is 0.0947. The van der Waals surface area contributed by atoms with Gasteiger partial charge < -0.3 is 10.1 Å². The smallest absolute Gasteiger partial charge is 0.254 e. The first kappa shape index (κ1) is 15.3. The van der Waals surface area contributed by atoms with Crippen LogP contribution in [0.25, 0.3) is 0 Å². The van der Waals surface area contributed by atoms with Crippen molar-refractivity contribution < 1.29 is 13.9 Å². The first-order chi connectivity index (χ1) is 10.1. The number of ether oxygens (including phenoxy) is 1. The van der Waals surface area contributed by atoms with E-state index in [1.807, 2.05) is 31.2 Å². The number of amides is 1. The molecular weight excluding hydrogens is 293 g/mol. The highest BCUT2D eigenvalue weighted by molar-refractivity contribution is 6.30. The Morgan fingerprint density at radius 1 is 1.29 bits per heavy atom. The zero-order chi connectivity index (χ0) is 15.2. The summed E-state index contributed by atoms with van der Waals surface area (Å²) < 4.78 is 19.0. The number of carbonyl (C=O) groups is 1. The van der Waals surface area contributed by atoms with Crippen LogP contribution in [0.2, 0.25) is 5.02 Å². The molecule has 21 heavy (non-hydrogen) atoms. The molecule has 0 radical (unpaired) electrons. The third-order valence-electron chi connectivity index (χ3n) is 2.84. The third-order valence-corrected chi connectivity index (χ3v) is 3.07. The molecule has 5 heteroatoms. The fourth-order valence-electron chi connectivity index (χ4n) is 1.86. The van der Waals surface area contributed by atoms with Crippen molar-refractivity contribution in [1.82, 2.24) is 5.32 Å². The highest BCUT2D eigenvalue weighted by Gasteiger charge is 2.11. The molecule has 0 saturated heterocycles. The lowest BCUT2D eigenvalue weighted by atomic mass is 10.1. The maximum atomic E-state index is 13.6. The van der Waals surface area contributed by atoms with E-state index >= 15 is 0 Å². The van der Waals surface area contributed by atoms with E-state index < -0.39 is 11.7 Å². The maximum Gasteiger partial charge on any atom is 0.254 e. The summed E-state index contributed by atoms with van der Waals surface area (Å²) >= 11 is 5.66. The average molecular weight is 308 g/mol. The van der Waals surface area contributed by atoms with Crippen LogP contribution in [-0.4, -0.2) is 12.5 Å². The van der Waals surface area contributed by atoms with Crippen LogP contribution in [0.3, 0.4) is 0 Å². The van der Waals surface area contributed by atoms with Gasteiger partial charge in [-0.15, -0.1) is 0 Å². The van der Waals surface area contributed by atoms with Crippen molar-refractivity contribution >= 4 is 17.5 Å². The second-order valence-corrected chi connectivity index (χ2v) is 4.82. The van der Waals surface area contributed by atoms with Crippen molar-refractivity contribution in [2.75, 3.05) is 6.61 Å². The van der Waals surface area contributed by atoms with Crippen LogP contribution >= 0.6 is 11.6 Å². The Bertz CT molecular complexity index is 646. The largest absolute Gasteiger partial charge is 0.494 e. The minimum Gasteiger partial charge on any atom is -0.494 e. The van der Waals surface area contributed by atoms with Gasteiger partial charge in [0.25, 0.3) is 5.91 Å². The number of rotatable bonds is 5. The predicted octanol–water partition coefficient (Wildman–Crippen LogP) is 3.81. The first-order valence-electron chi connectivity index (χ1n) is 6.55. The molecule has 0 aromatic heterocycles. The van der Waals surface area contributed by atoms with Gasteiger partial charge in [0.2, 0.25) is 0 Å². The molecule has 2 aromatic carbocycles. The predicted molar refractivity (Wildman–Crippen MR) is 80.2 cm³/mol. The molecule has 0 saturated carbocycles. The standard InChI is InChI=1S/C16H15ClFNO2/c1-2-21-13-5-3-4-11(8-13)10-19-16(20)14-7-6-12(17)9-15(14)18/h3-9H,2,10H2,1H3,(H,19,20). The molecule has 1 amide bonds. The molecular formula is C16H15ClFNO2. The highest BCUT2D eigenvalue weighted by atomic mass is 35.5. The van der Waals surface area contributed by atoms with E-state index in [9.17, 15) is 9.18 Å². The zero-order valence-electron chi connectivity index (χ0n) is 11.5. The summed E-state index contributed by atoms with van der Waals surface area (Å²) in [4.78, 5) is 11.9. The van der Waals surface area contributed by atoms with Crippen molar-refractivity contribution in [1.29, 1.82) is 0 Å². The summed E-state index contributed by atoms with van der Waals surface area (Å²) in [7, 11) is 0. The van der Waals surface area contributed by atoms with Gasteiger partial charge in [-0.2, -0.15) is 0 Å². The van der Waals surface area contributed by atoms with Gasteiger partial charge in [-0.05, 0) is 42.8 Å². The summed E-state index contributed by atoms with van der Waals surface area (Å²) in [6.45, 7) is 2.77. The normalized spacial score (nSPS) is 10.2. The Hall–Kier alpha value is -2.07. The molecule has 0 spiro atoms.